The first-order valence-corrected chi connectivity index (χ1v) is 6.78. The molecule has 0 bridgehead atoms. The molecule has 1 rings (SSSR count). The van der Waals surface area contributed by atoms with Crippen molar-refractivity contribution in [3.8, 4) is 6.19 Å². The molecule has 0 aliphatic carbocycles. The molecule has 5 heteroatoms. The van der Waals surface area contributed by atoms with Crippen molar-refractivity contribution in [2.75, 3.05) is 26.1 Å². The van der Waals surface area contributed by atoms with Gasteiger partial charge >= 0.3 is 6.19 Å². The van der Waals surface area contributed by atoms with E-state index in [0.717, 1.165) is 25.9 Å². The molecule has 1 aliphatic heterocycles. The highest BCUT2D eigenvalue weighted by Gasteiger charge is 2.31. The molecule has 0 aromatic heterocycles. The number of nitrogens with zero attached hydrogens (tertiary/aromatic N) is 2. The first-order chi connectivity index (χ1) is 6.47. The highest BCUT2D eigenvalue weighted by molar-refractivity contribution is 7.95. The van der Waals surface area contributed by atoms with Crippen LogP contribution in [0.2, 0.25) is 0 Å². The number of hydrogen-bond acceptors (Lipinski definition) is 3. The topological polar surface area (TPSA) is 50.1 Å². The summed E-state index contributed by atoms with van der Waals surface area (Å²) in [4.78, 5) is 0. The van der Waals surface area contributed by atoms with E-state index >= 15 is 0 Å². The summed E-state index contributed by atoms with van der Waals surface area (Å²) < 4.78 is 16.6. The summed E-state index contributed by atoms with van der Waals surface area (Å²) in [6.45, 7) is 1.80. The van der Waals surface area contributed by atoms with Crippen LogP contribution in [0.15, 0.2) is 0 Å². The fourth-order valence-corrected chi connectivity index (χ4v) is 2.01. The lowest BCUT2D eigenvalue weighted by Crippen LogP contribution is -2.49. The van der Waals surface area contributed by atoms with Crippen molar-refractivity contribution in [1.29, 1.82) is 5.26 Å². The molecule has 1 saturated heterocycles. The minimum Gasteiger partial charge on any atom is -0.243 e. The molecule has 0 aromatic rings. The Balaban J connectivity index is 2.58. The number of likely N-dealkylation sites (tertiary alicyclic amines) is 1. The molecule has 0 spiro atoms. The van der Waals surface area contributed by atoms with E-state index in [1.165, 1.54) is 12.7 Å². The van der Waals surface area contributed by atoms with Gasteiger partial charge < -0.3 is 0 Å². The van der Waals surface area contributed by atoms with Gasteiger partial charge in [0.1, 0.15) is 0 Å². The van der Waals surface area contributed by atoms with E-state index in [2.05, 4.69) is 12.1 Å². The van der Waals surface area contributed by atoms with Gasteiger partial charge in [-0.1, -0.05) is 0 Å². The van der Waals surface area contributed by atoms with Crippen LogP contribution in [0.1, 0.15) is 19.3 Å². The zero-order valence-corrected chi connectivity index (χ0v) is 9.39. The van der Waals surface area contributed by atoms with Crippen LogP contribution in [0.3, 0.4) is 0 Å². The molecule has 0 amide bonds. The van der Waals surface area contributed by atoms with Gasteiger partial charge in [-0.15, -0.1) is 5.26 Å². The fourth-order valence-electron chi connectivity index (χ4n) is 1.59. The fraction of sp³-hybridized carbons (Fsp3) is 0.778. The van der Waals surface area contributed by atoms with Gasteiger partial charge in [0.2, 0.25) is 6.73 Å². The summed E-state index contributed by atoms with van der Waals surface area (Å²) in [5, 5.41) is 9.07. The normalized spacial score (nSPS) is 24.9. The Kier molecular flexibility index (Phi) is 3.53. The zero-order valence-electron chi connectivity index (χ0n) is 8.57. The molecule has 1 aliphatic rings. The largest absolute Gasteiger partial charge is 0.310 e. The van der Waals surface area contributed by atoms with Gasteiger partial charge in [0, 0.05) is 6.26 Å². The molecule has 0 radical (unpaired) electrons. The number of piperidine rings is 1. The van der Waals surface area contributed by atoms with Crippen molar-refractivity contribution < 1.29 is 12.9 Å². The van der Waals surface area contributed by atoms with Gasteiger partial charge in [-0.2, -0.15) is 0 Å². The Morgan fingerprint density at radius 2 is 2.07 bits per heavy atom. The van der Waals surface area contributed by atoms with Crippen LogP contribution in [0.25, 0.3) is 0 Å². The van der Waals surface area contributed by atoms with E-state index in [0.29, 0.717) is 0 Å². The molecule has 0 aromatic carbocycles. The summed E-state index contributed by atoms with van der Waals surface area (Å²) in [5.74, 6) is 3.41. The van der Waals surface area contributed by atoms with Gasteiger partial charge in [0.05, 0.1) is 22.9 Å². The first-order valence-electron chi connectivity index (χ1n) is 4.71. The lowest BCUT2D eigenvalue weighted by atomic mass is 10.1. The maximum atomic E-state index is 11.2. The maximum Gasteiger partial charge on any atom is 0.310 e. The van der Waals surface area contributed by atoms with Gasteiger partial charge in [0.25, 0.3) is 0 Å². The molecule has 0 N–H and O–H groups in total. The van der Waals surface area contributed by atoms with Crippen LogP contribution < -0.4 is 0 Å². The third-order valence-corrected chi connectivity index (χ3v) is 3.04. The third kappa shape index (κ3) is 3.29. The number of rotatable bonds is 3. The maximum absolute atomic E-state index is 11.2. The summed E-state index contributed by atoms with van der Waals surface area (Å²) in [6.07, 6.45) is 6.95. The van der Waals surface area contributed by atoms with Crippen LogP contribution in [0.5, 0.6) is 0 Å². The minimum atomic E-state index is -2.44. The number of quaternary nitrogens is 1. The average Bonchev–Trinajstić information content (AvgIpc) is 2.15. The quantitative estimate of drug-likeness (QED) is 0.397. The van der Waals surface area contributed by atoms with E-state index in [1.54, 1.807) is 0 Å². The van der Waals surface area contributed by atoms with Crippen LogP contribution >= 0.6 is 0 Å². The van der Waals surface area contributed by atoms with Crippen LogP contribution in [-0.2, 0) is 14.0 Å². The molecule has 1 heterocycles. The Morgan fingerprint density at radius 3 is 2.50 bits per heavy atom. The van der Waals surface area contributed by atoms with E-state index in [-0.39, 0.29) is 11.2 Å². The summed E-state index contributed by atoms with van der Waals surface area (Å²) >= 11 is 0. The summed E-state index contributed by atoms with van der Waals surface area (Å²) in [7, 11) is -2.44. The standard InChI is InChI=1S/C9H17N2O2S/c1-14(2,12)13-9-11(8-10)6-4-3-5-7-11/h1,3-7,9H2,2H3/q+1. The highest BCUT2D eigenvalue weighted by atomic mass is 32.2. The van der Waals surface area contributed by atoms with Gasteiger partial charge in [-0.25, -0.2) is 12.9 Å². The van der Waals surface area contributed by atoms with Crippen LogP contribution in [0.4, 0.5) is 0 Å². The molecule has 1 fully saturated rings. The van der Waals surface area contributed by atoms with Crippen molar-refractivity contribution in [2.24, 2.45) is 0 Å². The Morgan fingerprint density at radius 1 is 1.50 bits per heavy atom. The third-order valence-electron chi connectivity index (χ3n) is 2.43. The van der Waals surface area contributed by atoms with Gasteiger partial charge in [-0.3, -0.25) is 0 Å². The van der Waals surface area contributed by atoms with Crippen molar-refractivity contribution in [3.05, 3.63) is 0 Å². The predicted octanol–water partition coefficient (Wildman–Crippen LogP) is 0.703. The van der Waals surface area contributed by atoms with E-state index < -0.39 is 9.80 Å². The smallest absolute Gasteiger partial charge is 0.243 e. The van der Waals surface area contributed by atoms with Gasteiger partial charge in [-0.05, 0) is 25.1 Å². The Hall–Kier alpha value is -0.570. The monoisotopic (exact) mass is 217 g/mol. The van der Waals surface area contributed by atoms with Crippen molar-refractivity contribution in [2.45, 2.75) is 19.3 Å². The molecule has 0 saturated carbocycles. The van der Waals surface area contributed by atoms with E-state index in [9.17, 15) is 4.21 Å². The van der Waals surface area contributed by atoms with Crippen molar-refractivity contribution in [3.63, 3.8) is 0 Å². The predicted molar refractivity (Wildman–Crippen MR) is 56.6 cm³/mol. The van der Waals surface area contributed by atoms with Crippen LogP contribution in [-0.4, -0.2) is 40.6 Å². The van der Waals surface area contributed by atoms with E-state index in [4.69, 9.17) is 9.44 Å². The number of hydrogen-bond donors (Lipinski definition) is 0. The van der Waals surface area contributed by atoms with Gasteiger partial charge in [0.15, 0.2) is 0 Å². The highest BCUT2D eigenvalue weighted by Crippen LogP contribution is 2.18. The second-order valence-electron chi connectivity index (χ2n) is 3.93. The van der Waals surface area contributed by atoms with Crippen molar-refractivity contribution >= 4 is 15.7 Å². The lowest BCUT2D eigenvalue weighted by molar-refractivity contribution is -0.886. The SMILES string of the molecule is C=S(C)(=O)OC[N+]1(C#N)CCCCC1. The average molecular weight is 217 g/mol. The molecule has 4 nitrogen and oxygen atoms in total. The molecular weight excluding hydrogens is 200 g/mol. The second-order valence-corrected chi connectivity index (χ2v) is 6.01. The minimum absolute atomic E-state index is 0.204. The molecule has 80 valence electrons. The molecule has 14 heavy (non-hydrogen) atoms. The Bertz CT molecular complexity index is 323. The summed E-state index contributed by atoms with van der Waals surface area (Å²) in [6, 6.07) is 0. The molecule has 1 atom stereocenters. The Labute approximate surface area is 85.9 Å². The first kappa shape index (κ1) is 11.5. The second kappa shape index (κ2) is 4.30. The zero-order chi connectivity index (χ0) is 10.7. The lowest BCUT2D eigenvalue weighted by Gasteiger charge is -2.32. The van der Waals surface area contributed by atoms with Crippen LogP contribution in [0, 0.1) is 11.5 Å². The summed E-state index contributed by atoms with van der Waals surface area (Å²) in [5.41, 5.74) is 0. The molecule has 1 unspecified atom stereocenters. The number of nitriles is 1. The molecular formula is C9H17N2O2S+. The van der Waals surface area contributed by atoms with Crippen molar-refractivity contribution in [1.82, 2.24) is 0 Å². The van der Waals surface area contributed by atoms with E-state index in [1.807, 2.05) is 0 Å².